The predicted octanol–water partition coefficient (Wildman–Crippen LogP) is 2.39. The Bertz CT molecular complexity index is 378. The van der Waals surface area contributed by atoms with Gasteiger partial charge in [0.2, 0.25) is 0 Å². The number of nitrogens with zero attached hydrogens (tertiary/aromatic N) is 1. The third-order valence-corrected chi connectivity index (χ3v) is 3.10. The van der Waals surface area contributed by atoms with Crippen LogP contribution in [0.4, 0.5) is 18.9 Å². The number of rotatable bonds is 5. The molecule has 102 valence electrons. The lowest BCUT2D eigenvalue weighted by Gasteiger charge is -2.24. The number of hydrogen-bond donors (Lipinski definition) is 2. The van der Waals surface area contributed by atoms with Gasteiger partial charge in [0.25, 0.3) is 0 Å². The second kappa shape index (κ2) is 6.40. The van der Waals surface area contributed by atoms with Crippen molar-refractivity contribution in [2.45, 2.75) is 12.7 Å². The van der Waals surface area contributed by atoms with Gasteiger partial charge in [0.15, 0.2) is 0 Å². The molecule has 1 aromatic rings. The minimum atomic E-state index is -4.30. The van der Waals surface area contributed by atoms with Crippen LogP contribution in [0.15, 0.2) is 22.7 Å². The van der Waals surface area contributed by atoms with E-state index in [0.717, 1.165) is 4.90 Å². The number of aliphatic hydroxyl groups is 1. The van der Waals surface area contributed by atoms with E-state index in [0.29, 0.717) is 15.7 Å². The van der Waals surface area contributed by atoms with E-state index in [4.69, 9.17) is 10.8 Å². The molecule has 0 saturated carbocycles. The summed E-state index contributed by atoms with van der Waals surface area (Å²) in [6, 6.07) is 5.06. The van der Waals surface area contributed by atoms with Crippen molar-refractivity contribution in [1.29, 1.82) is 0 Å². The first kappa shape index (κ1) is 15.3. The van der Waals surface area contributed by atoms with E-state index in [2.05, 4.69) is 15.9 Å². The van der Waals surface area contributed by atoms with Crippen LogP contribution in [-0.2, 0) is 6.54 Å². The first-order valence-electron chi connectivity index (χ1n) is 5.26. The van der Waals surface area contributed by atoms with Crippen molar-refractivity contribution >= 4 is 21.6 Å². The van der Waals surface area contributed by atoms with Crippen molar-refractivity contribution in [3.8, 4) is 0 Å². The van der Waals surface area contributed by atoms with Crippen LogP contribution in [0.2, 0.25) is 0 Å². The molecule has 18 heavy (non-hydrogen) atoms. The second-order valence-electron chi connectivity index (χ2n) is 3.86. The molecule has 0 heterocycles. The van der Waals surface area contributed by atoms with E-state index in [1.807, 2.05) is 0 Å². The predicted molar refractivity (Wildman–Crippen MR) is 67.0 cm³/mol. The van der Waals surface area contributed by atoms with Gasteiger partial charge in [-0.2, -0.15) is 13.2 Å². The topological polar surface area (TPSA) is 49.5 Å². The van der Waals surface area contributed by atoms with Gasteiger partial charge in [-0.1, -0.05) is 22.0 Å². The fraction of sp³-hybridized carbons (Fsp3) is 0.455. The van der Waals surface area contributed by atoms with Crippen molar-refractivity contribution in [2.24, 2.45) is 0 Å². The lowest BCUT2D eigenvalue weighted by Crippen LogP contribution is -2.36. The first-order chi connectivity index (χ1) is 8.33. The van der Waals surface area contributed by atoms with E-state index in [1.54, 1.807) is 18.2 Å². The van der Waals surface area contributed by atoms with Gasteiger partial charge in [0.1, 0.15) is 0 Å². The molecule has 0 unspecified atom stereocenters. The summed E-state index contributed by atoms with van der Waals surface area (Å²) in [6.07, 6.45) is -4.30. The number of alkyl halides is 3. The van der Waals surface area contributed by atoms with E-state index >= 15 is 0 Å². The Morgan fingerprint density at radius 3 is 2.50 bits per heavy atom. The Morgan fingerprint density at radius 1 is 1.33 bits per heavy atom. The van der Waals surface area contributed by atoms with E-state index in [9.17, 15) is 13.2 Å². The summed E-state index contributed by atoms with van der Waals surface area (Å²) in [7, 11) is 0. The Hall–Kier alpha value is -0.790. The molecule has 0 bridgehead atoms. The molecule has 0 saturated heterocycles. The molecule has 3 N–H and O–H groups in total. The largest absolute Gasteiger partial charge is 0.401 e. The molecule has 0 fully saturated rings. The summed E-state index contributed by atoms with van der Waals surface area (Å²) in [5, 5.41) is 8.80. The van der Waals surface area contributed by atoms with Crippen molar-refractivity contribution in [2.75, 3.05) is 25.4 Å². The normalized spacial score (nSPS) is 12.1. The van der Waals surface area contributed by atoms with Gasteiger partial charge in [0.05, 0.1) is 13.2 Å². The van der Waals surface area contributed by atoms with Gasteiger partial charge in [-0.3, -0.25) is 4.90 Å². The molecular weight excluding hydrogens is 313 g/mol. The van der Waals surface area contributed by atoms with E-state index < -0.39 is 12.7 Å². The molecular formula is C11H14BrF3N2O. The summed E-state index contributed by atoms with van der Waals surface area (Å²) in [6.45, 7) is -1.43. The molecule has 0 aliphatic heterocycles. The van der Waals surface area contributed by atoms with Crippen LogP contribution in [0.5, 0.6) is 0 Å². The molecule has 0 radical (unpaired) electrons. The van der Waals surface area contributed by atoms with Crippen molar-refractivity contribution < 1.29 is 18.3 Å². The zero-order valence-corrected chi connectivity index (χ0v) is 11.1. The molecule has 0 aromatic heterocycles. The number of anilines is 1. The van der Waals surface area contributed by atoms with E-state index in [-0.39, 0.29) is 19.7 Å². The van der Waals surface area contributed by atoms with Crippen LogP contribution in [-0.4, -0.2) is 35.9 Å². The van der Waals surface area contributed by atoms with Gasteiger partial charge in [0, 0.05) is 28.8 Å². The maximum Gasteiger partial charge on any atom is 0.401 e. The quantitative estimate of drug-likeness (QED) is 0.817. The van der Waals surface area contributed by atoms with Crippen molar-refractivity contribution in [1.82, 2.24) is 4.90 Å². The van der Waals surface area contributed by atoms with Gasteiger partial charge in [-0.25, -0.2) is 0 Å². The van der Waals surface area contributed by atoms with Crippen LogP contribution in [0.1, 0.15) is 5.56 Å². The second-order valence-corrected chi connectivity index (χ2v) is 4.71. The maximum absolute atomic E-state index is 12.4. The standard InChI is InChI=1S/C11H14BrF3N2O/c12-9-2-1-3-10(16)8(9)6-17(4-5-18)7-11(13,14)15/h1-3,18H,4-7,16H2. The Labute approximate surface area is 112 Å². The first-order valence-corrected chi connectivity index (χ1v) is 6.05. The van der Waals surface area contributed by atoms with Crippen molar-refractivity contribution in [3.63, 3.8) is 0 Å². The number of nitrogen functional groups attached to an aromatic ring is 1. The average molecular weight is 327 g/mol. The molecule has 0 atom stereocenters. The molecule has 0 aliphatic carbocycles. The Kier molecular flexibility index (Phi) is 5.43. The Morgan fingerprint density at radius 2 is 2.00 bits per heavy atom. The highest BCUT2D eigenvalue weighted by Gasteiger charge is 2.30. The lowest BCUT2D eigenvalue weighted by molar-refractivity contribution is -0.147. The van der Waals surface area contributed by atoms with Gasteiger partial charge >= 0.3 is 6.18 Å². The zero-order valence-electron chi connectivity index (χ0n) is 9.54. The molecule has 3 nitrogen and oxygen atoms in total. The number of hydrogen-bond acceptors (Lipinski definition) is 3. The minimum Gasteiger partial charge on any atom is -0.398 e. The summed E-state index contributed by atoms with van der Waals surface area (Å²) >= 11 is 3.26. The molecule has 1 rings (SSSR count). The fourth-order valence-electron chi connectivity index (χ4n) is 1.57. The zero-order chi connectivity index (χ0) is 13.8. The van der Waals surface area contributed by atoms with Crippen LogP contribution in [0.3, 0.4) is 0 Å². The third kappa shape index (κ3) is 4.83. The van der Waals surface area contributed by atoms with Crippen LogP contribution < -0.4 is 5.73 Å². The van der Waals surface area contributed by atoms with Crippen LogP contribution in [0.25, 0.3) is 0 Å². The number of halogens is 4. The number of aliphatic hydroxyl groups excluding tert-OH is 1. The molecule has 1 aromatic carbocycles. The Balaban J connectivity index is 2.83. The van der Waals surface area contributed by atoms with Crippen LogP contribution >= 0.6 is 15.9 Å². The van der Waals surface area contributed by atoms with Crippen molar-refractivity contribution in [3.05, 3.63) is 28.2 Å². The highest BCUT2D eigenvalue weighted by atomic mass is 79.9. The lowest BCUT2D eigenvalue weighted by atomic mass is 10.1. The molecule has 0 spiro atoms. The van der Waals surface area contributed by atoms with Crippen LogP contribution in [0, 0.1) is 0 Å². The molecule has 7 heteroatoms. The minimum absolute atomic E-state index is 0.0350. The summed E-state index contributed by atoms with van der Waals surface area (Å²) in [4.78, 5) is 1.11. The molecule has 0 aliphatic rings. The monoisotopic (exact) mass is 326 g/mol. The summed E-state index contributed by atoms with van der Waals surface area (Å²) < 4.78 is 37.8. The number of nitrogens with two attached hydrogens (primary N) is 1. The van der Waals surface area contributed by atoms with Gasteiger partial charge in [-0.05, 0) is 12.1 Å². The summed E-state index contributed by atoms with van der Waals surface area (Å²) in [5.41, 5.74) is 6.75. The highest BCUT2D eigenvalue weighted by Crippen LogP contribution is 2.25. The number of benzene rings is 1. The van der Waals surface area contributed by atoms with E-state index in [1.165, 1.54) is 0 Å². The highest BCUT2D eigenvalue weighted by molar-refractivity contribution is 9.10. The van der Waals surface area contributed by atoms with Gasteiger partial charge < -0.3 is 10.8 Å². The third-order valence-electron chi connectivity index (χ3n) is 2.36. The van der Waals surface area contributed by atoms with Gasteiger partial charge in [-0.15, -0.1) is 0 Å². The smallest absolute Gasteiger partial charge is 0.398 e. The summed E-state index contributed by atoms with van der Waals surface area (Å²) in [5.74, 6) is 0. The molecule has 0 amide bonds. The fourth-order valence-corrected chi connectivity index (χ4v) is 2.08. The SMILES string of the molecule is Nc1cccc(Br)c1CN(CCO)CC(F)(F)F. The maximum atomic E-state index is 12.4. The average Bonchev–Trinajstić information content (AvgIpc) is 2.21.